The Labute approximate surface area is 196 Å². The van der Waals surface area contributed by atoms with Gasteiger partial charge in [0.2, 0.25) is 5.91 Å². The monoisotopic (exact) mass is 463 g/mol. The highest BCUT2D eigenvalue weighted by molar-refractivity contribution is 7.18. The van der Waals surface area contributed by atoms with Crippen LogP contribution in [0.25, 0.3) is 10.2 Å². The molecule has 3 aromatic rings. The molecular weight excluding hydrogens is 438 g/mol. The number of likely N-dealkylation sites (tertiary alicyclic amines) is 1. The normalized spacial score (nSPS) is 20.0. The summed E-state index contributed by atoms with van der Waals surface area (Å²) in [5, 5.41) is 1.16. The van der Waals surface area contributed by atoms with E-state index in [1.807, 2.05) is 18.2 Å². The number of esters is 1. The first-order chi connectivity index (χ1) is 16.0. The van der Waals surface area contributed by atoms with Crippen LogP contribution in [0.1, 0.15) is 47.5 Å². The van der Waals surface area contributed by atoms with E-state index < -0.39 is 12.0 Å². The number of imide groups is 1. The highest BCUT2D eigenvalue weighted by Crippen LogP contribution is 2.35. The summed E-state index contributed by atoms with van der Waals surface area (Å²) in [5.74, 6) is -0.432. The van der Waals surface area contributed by atoms with Crippen molar-refractivity contribution in [2.45, 2.75) is 38.1 Å². The quantitative estimate of drug-likeness (QED) is 0.421. The van der Waals surface area contributed by atoms with Gasteiger partial charge in [0.15, 0.2) is 0 Å². The summed E-state index contributed by atoms with van der Waals surface area (Å²) in [6.07, 6.45) is 2.03. The average molecular weight is 464 g/mol. The molecule has 0 aliphatic carbocycles. The number of fused-ring (bicyclic) bond motifs is 1. The molecule has 0 saturated carbocycles. The molecule has 2 aliphatic rings. The van der Waals surface area contributed by atoms with Gasteiger partial charge in [-0.3, -0.25) is 14.5 Å². The number of aromatic nitrogens is 1. The van der Waals surface area contributed by atoms with Gasteiger partial charge in [-0.2, -0.15) is 0 Å². The van der Waals surface area contributed by atoms with E-state index in [9.17, 15) is 14.4 Å². The van der Waals surface area contributed by atoms with E-state index in [2.05, 4.69) is 11.0 Å². The molecular formula is C25H25N3O4S. The lowest BCUT2D eigenvalue weighted by atomic mass is 9.96. The third-order valence-electron chi connectivity index (χ3n) is 6.39. The molecule has 0 N–H and O–H groups in total. The van der Waals surface area contributed by atoms with Crippen LogP contribution < -0.4 is 4.90 Å². The van der Waals surface area contributed by atoms with Crippen molar-refractivity contribution in [3.8, 4) is 0 Å². The lowest BCUT2D eigenvalue weighted by Gasteiger charge is -2.34. The van der Waals surface area contributed by atoms with E-state index in [1.54, 1.807) is 42.5 Å². The molecule has 7 nitrogen and oxygen atoms in total. The fourth-order valence-corrected chi connectivity index (χ4v) is 5.79. The summed E-state index contributed by atoms with van der Waals surface area (Å²) < 4.78 is 6.20. The van der Waals surface area contributed by atoms with Gasteiger partial charge in [0.25, 0.3) is 5.91 Å². The lowest BCUT2D eigenvalue weighted by Crippen LogP contribution is -2.45. The molecule has 5 rings (SSSR count). The van der Waals surface area contributed by atoms with E-state index in [0.717, 1.165) is 36.5 Å². The predicted molar refractivity (Wildman–Crippen MR) is 126 cm³/mol. The smallest absolute Gasteiger partial charge is 0.338 e. The van der Waals surface area contributed by atoms with E-state index in [-0.39, 0.29) is 18.2 Å². The van der Waals surface area contributed by atoms with Gasteiger partial charge in [0, 0.05) is 5.92 Å². The topological polar surface area (TPSA) is 79.8 Å². The zero-order valence-corrected chi connectivity index (χ0v) is 19.2. The fraction of sp³-hybridized carbons (Fsp3) is 0.360. The number of amides is 2. The lowest BCUT2D eigenvalue weighted by molar-refractivity contribution is -0.123. The summed E-state index contributed by atoms with van der Waals surface area (Å²) in [6.45, 7) is 3.57. The van der Waals surface area contributed by atoms with Gasteiger partial charge in [-0.1, -0.05) is 12.1 Å². The van der Waals surface area contributed by atoms with Crippen molar-refractivity contribution in [2.75, 3.05) is 24.6 Å². The largest absolute Gasteiger partial charge is 0.462 e. The molecule has 2 aromatic carbocycles. The Morgan fingerprint density at radius 3 is 2.52 bits per heavy atom. The summed E-state index contributed by atoms with van der Waals surface area (Å²) >= 11 is 1.75. The molecule has 33 heavy (non-hydrogen) atoms. The molecule has 1 unspecified atom stereocenters. The SMILES string of the molecule is CCOC(=O)c1ccc(N2C(=O)CC(N3CCC(c4nc5ccccc5s4)CC3)C2=O)cc1. The number of carbonyl (C=O) groups excluding carboxylic acids is 3. The van der Waals surface area contributed by atoms with Crippen LogP contribution >= 0.6 is 11.3 Å². The van der Waals surface area contributed by atoms with Gasteiger partial charge >= 0.3 is 5.97 Å². The van der Waals surface area contributed by atoms with Crippen LogP contribution in [0.3, 0.4) is 0 Å². The first-order valence-corrected chi connectivity index (χ1v) is 12.1. The number of carbonyl (C=O) groups is 3. The van der Waals surface area contributed by atoms with Crippen LogP contribution in [-0.2, 0) is 14.3 Å². The maximum Gasteiger partial charge on any atom is 0.338 e. The Balaban J connectivity index is 1.24. The second-order valence-corrected chi connectivity index (χ2v) is 9.45. The molecule has 3 heterocycles. The number of hydrogen-bond acceptors (Lipinski definition) is 7. The summed E-state index contributed by atoms with van der Waals surface area (Å²) in [4.78, 5) is 45.9. The molecule has 2 saturated heterocycles. The fourth-order valence-electron chi connectivity index (χ4n) is 4.66. The van der Waals surface area contributed by atoms with Crippen molar-refractivity contribution in [3.05, 3.63) is 59.1 Å². The van der Waals surface area contributed by atoms with E-state index in [4.69, 9.17) is 9.72 Å². The Bertz CT molecular complexity index is 1160. The molecule has 8 heteroatoms. The number of nitrogens with zero attached hydrogens (tertiary/aromatic N) is 3. The van der Waals surface area contributed by atoms with Crippen LogP contribution in [0.2, 0.25) is 0 Å². The van der Waals surface area contributed by atoms with Crippen molar-refractivity contribution in [2.24, 2.45) is 0 Å². The predicted octanol–water partition coefficient (Wildman–Crippen LogP) is 3.98. The van der Waals surface area contributed by atoms with E-state index in [0.29, 0.717) is 23.8 Å². The number of thiazole rings is 1. The van der Waals surface area contributed by atoms with Crippen LogP contribution in [0.4, 0.5) is 5.69 Å². The third kappa shape index (κ3) is 4.16. The molecule has 0 bridgehead atoms. The Morgan fingerprint density at radius 1 is 1.09 bits per heavy atom. The highest BCUT2D eigenvalue weighted by Gasteiger charge is 2.43. The number of piperidine rings is 1. The van der Waals surface area contributed by atoms with Gasteiger partial charge in [-0.15, -0.1) is 11.3 Å². The third-order valence-corrected chi connectivity index (χ3v) is 7.59. The second-order valence-electron chi connectivity index (χ2n) is 8.38. The van der Waals surface area contributed by atoms with Crippen molar-refractivity contribution in [1.82, 2.24) is 9.88 Å². The molecule has 0 spiro atoms. The minimum Gasteiger partial charge on any atom is -0.462 e. The minimum atomic E-state index is -0.432. The number of anilines is 1. The Hall–Kier alpha value is -3.10. The number of ether oxygens (including phenoxy) is 1. The Morgan fingerprint density at radius 2 is 1.82 bits per heavy atom. The number of benzene rings is 2. The van der Waals surface area contributed by atoms with Crippen molar-refractivity contribution in [3.63, 3.8) is 0 Å². The van der Waals surface area contributed by atoms with Gasteiger partial charge < -0.3 is 4.74 Å². The van der Waals surface area contributed by atoms with Gasteiger partial charge in [-0.25, -0.2) is 14.7 Å². The minimum absolute atomic E-state index is 0.185. The Kier molecular flexibility index (Phi) is 5.95. The van der Waals surface area contributed by atoms with Crippen LogP contribution in [0, 0.1) is 0 Å². The molecule has 2 amide bonds. The first kappa shape index (κ1) is 21.7. The molecule has 1 atom stereocenters. The van der Waals surface area contributed by atoms with Crippen molar-refractivity contribution < 1.29 is 19.1 Å². The van der Waals surface area contributed by atoms with Crippen LogP contribution in [0.15, 0.2) is 48.5 Å². The van der Waals surface area contributed by atoms with Crippen LogP contribution in [0.5, 0.6) is 0 Å². The van der Waals surface area contributed by atoms with E-state index in [1.165, 1.54) is 9.60 Å². The van der Waals surface area contributed by atoms with Crippen molar-refractivity contribution >= 4 is 45.0 Å². The van der Waals surface area contributed by atoms with Gasteiger partial charge in [0.1, 0.15) is 0 Å². The first-order valence-electron chi connectivity index (χ1n) is 11.3. The van der Waals surface area contributed by atoms with Gasteiger partial charge in [0.05, 0.1) is 45.5 Å². The number of para-hydroxylation sites is 1. The van der Waals surface area contributed by atoms with E-state index >= 15 is 0 Å². The average Bonchev–Trinajstić information content (AvgIpc) is 3.40. The van der Waals surface area contributed by atoms with Crippen LogP contribution in [-0.4, -0.2) is 53.4 Å². The van der Waals surface area contributed by atoms with Crippen molar-refractivity contribution in [1.29, 1.82) is 0 Å². The maximum absolute atomic E-state index is 13.2. The summed E-state index contributed by atoms with van der Waals surface area (Å²) in [5.41, 5.74) is 1.93. The summed E-state index contributed by atoms with van der Waals surface area (Å²) in [7, 11) is 0. The molecule has 2 fully saturated rings. The zero-order chi connectivity index (χ0) is 22.9. The maximum atomic E-state index is 13.2. The zero-order valence-electron chi connectivity index (χ0n) is 18.4. The van der Waals surface area contributed by atoms with Gasteiger partial charge in [-0.05, 0) is 69.3 Å². The molecule has 170 valence electrons. The number of hydrogen-bond donors (Lipinski definition) is 0. The molecule has 0 radical (unpaired) electrons. The second kappa shape index (κ2) is 9.03. The number of rotatable bonds is 5. The highest BCUT2D eigenvalue weighted by atomic mass is 32.1. The summed E-state index contributed by atoms with van der Waals surface area (Å²) in [6, 6.07) is 14.2. The molecule has 1 aromatic heterocycles. The standard InChI is InChI=1S/C25H25N3O4S/c1-2-32-25(31)17-7-9-18(10-8-17)28-22(29)15-20(24(28)30)27-13-11-16(12-14-27)23-26-19-5-3-4-6-21(19)33-23/h3-10,16,20H,2,11-15H2,1H3. The molecule has 2 aliphatic heterocycles.